The molecule has 0 aromatic heterocycles. The first-order chi connectivity index (χ1) is 11.1. The van der Waals surface area contributed by atoms with E-state index in [2.05, 4.69) is 10.5 Å². The summed E-state index contributed by atoms with van der Waals surface area (Å²) in [5.41, 5.74) is 2.98. The van der Waals surface area contributed by atoms with Crippen LogP contribution in [0.2, 0.25) is 5.02 Å². The lowest BCUT2D eigenvalue weighted by Crippen LogP contribution is -2.17. The molecular weight excluding hydrogens is 320 g/mol. The lowest BCUT2D eigenvalue weighted by atomic mass is 10.2. The predicted molar refractivity (Wildman–Crippen MR) is 87.7 cm³/mol. The predicted octanol–water partition coefficient (Wildman–Crippen LogP) is 2.83. The van der Waals surface area contributed by atoms with E-state index in [1.165, 1.54) is 38.6 Å². The molecule has 1 amide bonds. The third-order valence-corrected chi connectivity index (χ3v) is 3.24. The summed E-state index contributed by atoms with van der Waals surface area (Å²) >= 11 is 5.80. The Morgan fingerprint density at radius 3 is 2.74 bits per heavy atom. The van der Waals surface area contributed by atoms with E-state index in [4.69, 9.17) is 21.1 Å². The topological polar surface area (TPSA) is 80.2 Å². The van der Waals surface area contributed by atoms with Gasteiger partial charge in [-0.15, -0.1) is 0 Å². The van der Waals surface area contributed by atoms with Gasteiger partial charge < -0.3 is 14.6 Å². The number of ether oxygens (including phenoxy) is 2. The van der Waals surface area contributed by atoms with Gasteiger partial charge in [0, 0.05) is 10.6 Å². The molecule has 2 N–H and O–H groups in total. The highest BCUT2D eigenvalue weighted by molar-refractivity contribution is 6.31. The van der Waals surface area contributed by atoms with Crippen molar-refractivity contribution in [2.45, 2.75) is 0 Å². The zero-order chi connectivity index (χ0) is 16.8. The molecule has 0 atom stereocenters. The van der Waals surface area contributed by atoms with Gasteiger partial charge in [0.15, 0.2) is 11.5 Å². The Morgan fingerprint density at radius 2 is 2.04 bits per heavy atom. The number of hydrogen-bond acceptors (Lipinski definition) is 5. The lowest BCUT2D eigenvalue weighted by Gasteiger charge is -2.09. The molecule has 2 aromatic rings. The molecule has 2 rings (SSSR count). The van der Waals surface area contributed by atoms with Gasteiger partial charge in [-0.1, -0.05) is 17.7 Å². The number of rotatable bonds is 5. The molecule has 0 aliphatic rings. The molecule has 0 unspecified atom stereocenters. The number of phenolic OH excluding ortho intramolecular Hbond substituents is 1. The minimum atomic E-state index is -0.580. The second-order valence-electron chi connectivity index (χ2n) is 4.44. The van der Waals surface area contributed by atoms with Gasteiger partial charge in [0.25, 0.3) is 5.91 Å². The Balaban J connectivity index is 2.16. The number of halogens is 1. The molecule has 7 heteroatoms. The van der Waals surface area contributed by atoms with E-state index in [-0.39, 0.29) is 11.3 Å². The van der Waals surface area contributed by atoms with Crippen molar-refractivity contribution in [3.8, 4) is 17.2 Å². The van der Waals surface area contributed by atoms with E-state index in [0.29, 0.717) is 22.1 Å². The molecule has 0 saturated carbocycles. The van der Waals surface area contributed by atoms with Gasteiger partial charge in [0.1, 0.15) is 5.75 Å². The van der Waals surface area contributed by atoms with Crippen LogP contribution in [0.3, 0.4) is 0 Å². The highest BCUT2D eigenvalue weighted by Crippen LogP contribution is 2.29. The van der Waals surface area contributed by atoms with E-state index in [0.717, 1.165) is 0 Å². The van der Waals surface area contributed by atoms with Crippen molar-refractivity contribution >= 4 is 23.7 Å². The van der Waals surface area contributed by atoms with E-state index in [1.807, 2.05) is 0 Å². The van der Waals surface area contributed by atoms with Crippen LogP contribution in [0, 0.1) is 0 Å². The van der Waals surface area contributed by atoms with E-state index in [9.17, 15) is 9.90 Å². The third kappa shape index (κ3) is 3.92. The number of para-hydroxylation sites is 1. The fourth-order valence-corrected chi connectivity index (χ4v) is 2.10. The van der Waals surface area contributed by atoms with Gasteiger partial charge in [-0.3, -0.25) is 4.79 Å². The molecule has 0 heterocycles. The first-order valence-corrected chi connectivity index (χ1v) is 6.97. The van der Waals surface area contributed by atoms with Crippen LogP contribution >= 0.6 is 11.6 Å². The highest BCUT2D eigenvalue weighted by Gasteiger charge is 2.11. The summed E-state index contributed by atoms with van der Waals surface area (Å²) in [6.45, 7) is 0. The van der Waals surface area contributed by atoms with Crippen molar-refractivity contribution in [2.24, 2.45) is 5.10 Å². The summed E-state index contributed by atoms with van der Waals surface area (Å²) in [7, 11) is 3.04. The molecule has 2 aromatic carbocycles. The average molecular weight is 335 g/mol. The summed E-state index contributed by atoms with van der Waals surface area (Å²) in [6.07, 6.45) is 1.42. The monoisotopic (exact) mass is 334 g/mol. The van der Waals surface area contributed by atoms with Crippen LogP contribution in [0.25, 0.3) is 0 Å². The molecule has 0 aliphatic heterocycles. The fourth-order valence-electron chi connectivity index (χ4n) is 1.92. The van der Waals surface area contributed by atoms with E-state index >= 15 is 0 Å². The number of carbonyl (C=O) groups excluding carboxylic acids is 1. The molecular formula is C16H15ClN2O4. The third-order valence-electron chi connectivity index (χ3n) is 3.01. The Labute approximate surface area is 138 Å². The molecule has 0 fully saturated rings. The number of hydrogen-bond donors (Lipinski definition) is 2. The minimum Gasteiger partial charge on any atom is -0.507 e. The molecule has 0 saturated heterocycles. The van der Waals surface area contributed by atoms with Gasteiger partial charge in [-0.05, 0) is 30.3 Å². The van der Waals surface area contributed by atoms with Crippen molar-refractivity contribution in [1.29, 1.82) is 0 Å². The number of hydrazone groups is 1. The van der Waals surface area contributed by atoms with Crippen molar-refractivity contribution in [1.82, 2.24) is 5.43 Å². The summed E-state index contributed by atoms with van der Waals surface area (Å²) in [6, 6.07) is 9.46. The van der Waals surface area contributed by atoms with Crippen LogP contribution in [0.1, 0.15) is 15.9 Å². The van der Waals surface area contributed by atoms with Crippen molar-refractivity contribution in [3.63, 3.8) is 0 Å². The minimum absolute atomic E-state index is 0.0345. The number of carbonyl (C=O) groups is 1. The molecule has 0 bridgehead atoms. The molecule has 0 aliphatic carbocycles. The van der Waals surface area contributed by atoms with Gasteiger partial charge in [-0.2, -0.15) is 5.10 Å². The number of nitrogens with zero attached hydrogens (tertiary/aromatic N) is 1. The Kier molecular flexibility index (Phi) is 5.43. The largest absolute Gasteiger partial charge is 0.507 e. The summed E-state index contributed by atoms with van der Waals surface area (Å²) in [4.78, 5) is 12.0. The van der Waals surface area contributed by atoms with Crippen LogP contribution in [0.15, 0.2) is 41.5 Å². The summed E-state index contributed by atoms with van der Waals surface area (Å²) < 4.78 is 10.4. The molecule has 23 heavy (non-hydrogen) atoms. The van der Waals surface area contributed by atoms with Gasteiger partial charge in [-0.25, -0.2) is 5.43 Å². The molecule has 120 valence electrons. The standard InChI is InChI=1S/C16H15ClN2O4/c1-22-14-5-3-4-10(15(14)23-2)9-18-19-16(21)12-8-11(17)6-7-13(12)20/h3-9,20H,1-2H3,(H,19,21). The maximum absolute atomic E-state index is 12.0. The first kappa shape index (κ1) is 16.6. The number of nitrogens with one attached hydrogen (secondary N) is 1. The average Bonchev–Trinajstić information content (AvgIpc) is 2.56. The van der Waals surface area contributed by atoms with Crippen LogP contribution in [-0.2, 0) is 0 Å². The Hall–Kier alpha value is -2.73. The summed E-state index contributed by atoms with van der Waals surface area (Å²) in [5, 5.41) is 13.9. The molecule has 6 nitrogen and oxygen atoms in total. The second kappa shape index (κ2) is 7.51. The zero-order valence-electron chi connectivity index (χ0n) is 12.5. The maximum Gasteiger partial charge on any atom is 0.275 e. The van der Waals surface area contributed by atoms with Crippen molar-refractivity contribution in [3.05, 3.63) is 52.5 Å². The number of methoxy groups -OCH3 is 2. The number of aromatic hydroxyl groups is 1. The smallest absolute Gasteiger partial charge is 0.275 e. The first-order valence-electron chi connectivity index (χ1n) is 6.59. The lowest BCUT2D eigenvalue weighted by molar-refractivity contribution is 0.0952. The molecule has 0 spiro atoms. The number of benzene rings is 2. The quantitative estimate of drug-likeness (QED) is 0.651. The van der Waals surface area contributed by atoms with Gasteiger partial charge >= 0.3 is 0 Å². The highest BCUT2D eigenvalue weighted by atomic mass is 35.5. The zero-order valence-corrected chi connectivity index (χ0v) is 13.3. The van der Waals surface area contributed by atoms with E-state index < -0.39 is 5.91 Å². The maximum atomic E-state index is 12.0. The van der Waals surface area contributed by atoms with Crippen LogP contribution in [0.5, 0.6) is 17.2 Å². The number of amides is 1. The molecule has 0 radical (unpaired) electrons. The SMILES string of the molecule is COc1cccc(C=NNC(=O)c2cc(Cl)ccc2O)c1OC. The Bertz CT molecular complexity index is 747. The Morgan fingerprint density at radius 1 is 1.26 bits per heavy atom. The normalized spacial score (nSPS) is 10.6. The van der Waals surface area contributed by atoms with Gasteiger partial charge in [0.2, 0.25) is 0 Å². The second-order valence-corrected chi connectivity index (χ2v) is 4.88. The van der Waals surface area contributed by atoms with E-state index in [1.54, 1.807) is 18.2 Å². The fraction of sp³-hybridized carbons (Fsp3) is 0.125. The van der Waals surface area contributed by atoms with Crippen molar-refractivity contribution in [2.75, 3.05) is 14.2 Å². The van der Waals surface area contributed by atoms with Crippen LogP contribution in [-0.4, -0.2) is 31.4 Å². The van der Waals surface area contributed by atoms with Crippen LogP contribution in [0.4, 0.5) is 0 Å². The van der Waals surface area contributed by atoms with Gasteiger partial charge in [0.05, 0.1) is 26.0 Å². The van der Waals surface area contributed by atoms with Crippen molar-refractivity contribution < 1.29 is 19.4 Å². The summed E-state index contributed by atoms with van der Waals surface area (Å²) in [5.74, 6) is 0.290. The van der Waals surface area contributed by atoms with Crippen LogP contribution < -0.4 is 14.9 Å². The number of phenols is 1.